The summed E-state index contributed by atoms with van der Waals surface area (Å²) in [6.07, 6.45) is -2.40. The van der Waals surface area contributed by atoms with Gasteiger partial charge in [-0.2, -0.15) is 0 Å². The Hall–Kier alpha value is -3.72. The second-order valence-corrected chi connectivity index (χ2v) is 4.88. The van der Waals surface area contributed by atoms with E-state index in [0.717, 1.165) is 0 Å². The van der Waals surface area contributed by atoms with Crippen LogP contribution < -0.4 is 0 Å². The number of carboxylic acid groups (broad SMARTS) is 2. The Morgan fingerprint density at radius 1 is 0.692 bits per heavy atom. The van der Waals surface area contributed by atoms with Gasteiger partial charge in [-0.15, -0.1) is 0 Å². The van der Waals surface area contributed by atoms with Crippen molar-refractivity contribution in [2.45, 2.75) is 24.9 Å². The van der Waals surface area contributed by atoms with Crippen LogP contribution in [0.3, 0.4) is 0 Å². The second-order valence-electron chi connectivity index (χ2n) is 4.88. The molecule has 2 atom stereocenters. The van der Waals surface area contributed by atoms with E-state index < -0.39 is 80.8 Å². The maximum absolute atomic E-state index is 11.2. The van der Waals surface area contributed by atoms with Gasteiger partial charge in [-0.25, -0.2) is 9.59 Å². The second kappa shape index (κ2) is 9.55. The van der Waals surface area contributed by atoms with Gasteiger partial charge in [0.2, 0.25) is 0 Å². The van der Waals surface area contributed by atoms with Gasteiger partial charge >= 0.3 is 11.9 Å². The molecule has 0 rings (SSSR count). The number of hydrogen-bond donors (Lipinski definition) is 2. The summed E-state index contributed by atoms with van der Waals surface area (Å²) in [5.41, 5.74) is -2.34. The van der Waals surface area contributed by atoms with Gasteiger partial charge in [0.05, 0.1) is 24.0 Å². The largest absolute Gasteiger partial charge is 0.478 e. The summed E-state index contributed by atoms with van der Waals surface area (Å²) in [5, 5.41) is 60.6. The molecule has 0 bridgehead atoms. The first kappa shape index (κ1) is 22.3. The zero-order valence-corrected chi connectivity index (χ0v) is 12.7. The minimum Gasteiger partial charge on any atom is -0.478 e. The molecule has 0 saturated carbocycles. The molecule has 0 aromatic rings. The van der Waals surface area contributed by atoms with E-state index in [9.17, 15) is 50.0 Å². The lowest BCUT2D eigenvalue weighted by Crippen LogP contribution is -2.33. The van der Waals surface area contributed by atoms with Crippen molar-refractivity contribution < 1.29 is 39.5 Å². The van der Waals surface area contributed by atoms with Crippen molar-refractivity contribution in [3.05, 3.63) is 51.6 Å². The minimum atomic E-state index is -2.10. The maximum atomic E-state index is 11.2. The molecule has 26 heavy (non-hydrogen) atoms. The van der Waals surface area contributed by atoms with Crippen molar-refractivity contribution in [2.75, 3.05) is 13.1 Å². The van der Waals surface area contributed by atoms with E-state index >= 15 is 0 Å². The molecule has 144 valence electrons. The molecule has 0 heterocycles. The number of rotatable bonds is 12. The zero-order valence-electron chi connectivity index (χ0n) is 12.7. The lowest BCUT2D eigenvalue weighted by Gasteiger charge is -2.12. The van der Waals surface area contributed by atoms with Crippen LogP contribution in [0.15, 0.2) is 11.1 Å². The van der Waals surface area contributed by atoms with E-state index in [2.05, 4.69) is 0 Å². The van der Waals surface area contributed by atoms with Crippen LogP contribution >= 0.6 is 0 Å². The highest BCUT2D eigenvalue weighted by Gasteiger charge is 2.37. The van der Waals surface area contributed by atoms with Crippen LogP contribution in [0, 0.1) is 40.5 Å². The van der Waals surface area contributed by atoms with Gasteiger partial charge in [-0.3, -0.25) is 40.5 Å². The molecule has 0 aromatic heterocycles. The van der Waals surface area contributed by atoms with Gasteiger partial charge in [0, 0.05) is 19.7 Å². The Morgan fingerprint density at radius 3 is 1.12 bits per heavy atom. The van der Waals surface area contributed by atoms with Gasteiger partial charge in [0.15, 0.2) is 0 Å². The third-order valence-electron chi connectivity index (χ3n) is 3.08. The molecule has 0 aliphatic rings. The van der Waals surface area contributed by atoms with Crippen molar-refractivity contribution >= 4 is 11.9 Å². The fraction of sp³-hybridized carbons (Fsp3) is 0.600. The highest BCUT2D eigenvalue weighted by Crippen LogP contribution is 2.20. The molecule has 16 nitrogen and oxygen atoms in total. The van der Waals surface area contributed by atoms with E-state index in [0.29, 0.717) is 0 Å². The van der Waals surface area contributed by atoms with E-state index in [4.69, 9.17) is 10.2 Å². The molecule has 0 saturated heterocycles. The topological polar surface area (TPSA) is 247 Å². The number of nitrogens with zero attached hydrogens (tertiary/aromatic N) is 4. The molecule has 0 aliphatic carbocycles. The summed E-state index contributed by atoms with van der Waals surface area (Å²) in [6, 6.07) is -4.20. The molecular formula is C10H12N4O12. The van der Waals surface area contributed by atoms with Crippen LogP contribution in [0.4, 0.5) is 0 Å². The molecule has 0 radical (unpaired) electrons. The smallest absolute Gasteiger partial charge is 0.332 e. The number of carbonyl (C=O) groups is 2. The molecule has 2 unspecified atom stereocenters. The van der Waals surface area contributed by atoms with Crippen molar-refractivity contribution in [3.8, 4) is 0 Å². The van der Waals surface area contributed by atoms with Gasteiger partial charge in [-0.1, -0.05) is 0 Å². The molecule has 0 spiro atoms. The van der Waals surface area contributed by atoms with Crippen molar-refractivity contribution in [1.29, 1.82) is 0 Å². The van der Waals surface area contributed by atoms with Crippen molar-refractivity contribution in [1.82, 2.24) is 0 Å². The number of hydrogen-bond acceptors (Lipinski definition) is 10. The first-order chi connectivity index (χ1) is 11.9. The normalized spacial score (nSPS) is 13.8. The van der Waals surface area contributed by atoms with Crippen LogP contribution in [-0.2, 0) is 9.59 Å². The predicted octanol–water partition coefficient (Wildman–Crippen LogP) is -0.924. The first-order valence-electron chi connectivity index (χ1n) is 6.56. The van der Waals surface area contributed by atoms with Gasteiger partial charge < -0.3 is 10.2 Å². The van der Waals surface area contributed by atoms with E-state index in [1.165, 1.54) is 0 Å². The van der Waals surface area contributed by atoms with E-state index in [1.807, 2.05) is 0 Å². The summed E-state index contributed by atoms with van der Waals surface area (Å²) < 4.78 is 0. The average Bonchev–Trinajstić information content (AvgIpc) is 2.46. The van der Waals surface area contributed by atoms with Gasteiger partial charge in [0.1, 0.15) is 0 Å². The summed E-state index contributed by atoms with van der Waals surface area (Å²) >= 11 is 0. The molecule has 0 amide bonds. The Morgan fingerprint density at radius 2 is 0.962 bits per heavy atom. The van der Waals surface area contributed by atoms with Crippen molar-refractivity contribution in [2.24, 2.45) is 0 Å². The molecule has 0 aliphatic heterocycles. The summed E-state index contributed by atoms with van der Waals surface area (Å²) in [4.78, 5) is 60.3. The van der Waals surface area contributed by atoms with E-state index in [-0.39, 0.29) is 0 Å². The van der Waals surface area contributed by atoms with E-state index in [1.54, 1.807) is 0 Å². The molecule has 2 N–H and O–H groups in total. The summed E-state index contributed by atoms with van der Waals surface area (Å²) in [6.45, 7) is -2.63. The fourth-order valence-corrected chi connectivity index (χ4v) is 1.91. The molecular weight excluding hydrogens is 368 g/mol. The number of aliphatic carboxylic acids is 2. The molecule has 0 fully saturated rings. The van der Waals surface area contributed by atoms with Crippen LogP contribution in [-0.4, -0.2) is 67.0 Å². The van der Waals surface area contributed by atoms with Crippen LogP contribution in [0.5, 0.6) is 0 Å². The monoisotopic (exact) mass is 380 g/mol. The van der Waals surface area contributed by atoms with Gasteiger partial charge in [-0.05, 0) is 0 Å². The lowest BCUT2D eigenvalue weighted by atomic mass is 9.95. The van der Waals surface area contributed by atoms with Crippen molar-refractivity contribution in [3.63, 3.8) is 0 Å². The molecule has 16 heteroatoms. The zero-order chi connectivity index (χ0) is 20.6. The highest BCUT2D eigenvalue weighted by atomic mass is 16.6. The predicted molar refractivity (Wildman–Crippen MR) is 76.8 cm³/mol. The first-order valence-corrected chi connectivity index (χ1v) is 6.56. The quantitative estimate of drug-likeness (QED) is 0.237. The fourth-order valence-electron chi connectivity index (χ4n) is 1.91. The summed E-state index contributed by atoms with van der Waals surface area (Å²) in [7, 11) is 0. The Kier molecular flexibility index (Phi) is 8.18. The molecule has 0 aromatic carbocycles. The minimum absolute atomic E-state index is 1.11. The third kappa shape index (κ3) is 7.23. The summed E-state index contributed by atoms with van der Waals surface area (Å²) in [5.74, 6) is -4.00. The third-order valence-corrected chi connectivity index (χ3v) is 3.08. The van der Waals surface area contributed by atoms with Crippen LogP contribution in [0.1, 0.15) is 12.8 Å². The van der Waals surface area contributed by atoms with Crippen LogP contribution in [0.25, 0.3) is 0 Å². The number of nitro groups is 4. The Balaban J connectivity index is 6.00. The SMILES string of the molecule is O=C(O)C(CC(C[N+](=O)[O-])[N+](=O)[O-])=C(CC(C[N+](=O)[O-])[N+](=O)[O-])C(=O)O. The van der Waals surface area contributed by atoms with Gasteiger partial charge in [0.25, 0.3) is 25.2 Å². The standard InChI is InChI=1S/C10H12N4O12/c15-9(16)7(1-5(13(23)24)3-11(19)20)8(10(17)18)2-6(14(25)26)4-12(21)22/h5-6H,1-4H2,(H,15,16)(H,17,18). The number of carboxylic acids is 2. The Labute approximate surface area is 142 Å². The lowest BCUT2D eigenvalue weighted by molar-refractivity contribution is -0.587. The average molecular weight is 380 g/mol. The Bertz CT molecular complexity index is 615. The highest BCUT2D eigenvalue weighted by molar-refractivity contribution is 5.98. The maximum Gasteiger partial charge on any atom is 0.332 e. The van der Waals surface area contributed by atoms with Crippen LogP contribution in [0.2, 0.25) is 0 Å².